The minimum Gasteiger partial charge on any atom is -0.324 e. The summed E-state index contributed by atoms with van der Waals surface area (Å²) in [6.45, 7) is -0.460. The lowest BCUT2D eigenvalue weighted by Crippen LogP contribution is -2.36. The quantitative estimate of drug-likeness (QED) is 0.571. The van der Waals surface area contributed by atoms with E-state index in [1.807, 2.05) is 17.5 Å². The third-order valence-electron chi connectivity index (χ3n) is 3.50. The van der Waals surface area contributed by atoms with E-state index in [9.17, 15) is 22.8 Å². The Morgan fingerprint density at radius 1 is 1.22 bits per heavy atom. The Labute approximate surface area is 166 Å². The lowest BCUT2D eigenvalue weighted by Gasteiger charge is -2.16. The Bertz CT molecular complexity index is 924. The van der Waals surface area contributed by atoms with E-state index >= 15 is 0 Å². The number of hydrogen-bond acceptors (Lipinski definition) is 5. The van der Waals surface area contributed by atoms with Crippen molar-refractivity contribution in [2.75, 3.05) is 11.9 Å². The topological polar surface area (TPSA) is 49.4 Å². The summed E-state index contributed by atoms with van der Waals surface area (Å²) in [5.74, 6) is -1.21. The van der Waals surface area contributed by atoms with Crippen LogP contribution in [-0.2, 0) is 15.8 Å². The molecule has 0 radical (unpaired) electrons. The first-order chi connectivity index (χ1) is 12.8. The summed E-state index contributed by atoms with van der Waals surface area (Å²) in [5, 5.41) is 4.07. The van der Waals surface area contributed by atoms with Crippen molar-refractivity contribution in [1.82, 2.24) is 4.90 Å². The van der Waals surface area contributed by atoms with Crippen molar-refractivity contribution in [2.24, 2.45) is 0 Å². The van der Waals surface area contributed by atoms with Gasteiger partial charge in [-0.05, 0) is 29.7 Å². The summed E-state index contributed by atoms with van der Waals surface area (Å²) in [4.78, 5) is 27.0. The highest BCUT2D eigenvalue weighted by Crippen LogP contribution is 2.35. The molecule has 0 bridgehead atoms. The number of hydrogen-bond donors (Lipinski definition) is 1. The molecule has 1 saturated heterocycles. The number of nitrogens with zero attached hydrogens (tertiary/aromatic N) is 1. The highest BCUT2D eigenvalue weighted by atomic mass is 32.2. The number of rotatable bonds is 4. The maximum Gasteiger partial charge on any atom is 0.418 e. The van der Waals surface area contributed by atoms with E-state index in [4.69, 9.17) is 12.2 Å². The second-order valence-electron chi connectivity index (χ2n) is 5.37. The molecule has 2 aromatic rings. The lowest BCUT2D eigenvalue weighted by molar-refractivity contribution is -0.137. The van der Waals surface area contributed by atoms with Crippen molar-refractivity contribution in [2.45, 2.75) is 6.18 Å². The standard InChI is InChI=1S/C17H11F3N2O2S3/c18-17(19,20)11-5-1-2-6-12(11)21-14(23)9-22-15(24)13(27-16(22)25)8-10-4-3-7-26-10/h1-8H,9H2,(H,21,23). The van der Waals surface area contributed by atoms with Crippen LogP contribution in [0.4, 0.5) is 18.9 Å². The number of nitrogens with one attached hydrogen (secondary N) is 1. The van der Waals surface area contributed by atoms with Gasteiger partial charge < -0.3 is 5.32 Å². The van der Waals surface area contributed by atoms with Crippen LogP contribution in [0.25, 0.3) is 6.08 Å². The molecule has 10 heteroatoms. The predicted octanol–water partition coefficient (Wildman–Crippen LogP) is 4.61. The van der Waals surface area contributed by atoms with Crippen LogP contribution in [0.3, 0.4) is 0 Å². The van der Waals surface area contributed by atoms with Gasteiger partial charge in [0, 0.05) is 4.88 Å². The van der Waals surface area contributed by atoms with E-state index in [0.29, 0.717) is 4.91 Å². The van der Waals surface area contributed by atoms with Gasteiger partial charge in [0.2, 0.25) is 5.91 Å². The first-order valence-corrected chi connectivity index (χ1v) is 9.61. The molecule has 1 aromatic heterocycles. The van der Waals surface area contributed by atoms with Crippen molar-refractivity contribution in [3.63, 3.8) is 0 Å². The average molecular weight is 428 g/mol. The van der Waals surface area contributed by atoms with Gasteiger partial charge in [-0.25, -0.2) is 0 Å². The third kappa shape index (κ3) is 4.57. The number of halogens is 3. The summed E-state index contributed by atoms with van der Waals surface area (Å²) in [5.41, 5.74) is -1.32. The Morgan fingerprint density at radius 2 is 1.96 bits per heavy atom. The van der Waals surface area contributed by atoms with Crippen LogP contribution >= 0.6 is 35.3 Å². The van der Waals surface area contributed by atoms with E-state index in [2.05, 4.69) is 5.32 Å². The maximum absolute atomic E-state index is 13.0. The number of benzene rings is 1. The maximum atomic E-state index is 13.0. The van der Waals surface area contributed by atoms with Gasteiger partial charge in [0.15, 0.2) is 0 Å². The Kier molecular flexibility index (Phi) is 5.68. The van der Waals surface area contributed by atoms with Gasteiger partial charge in [-0.1, -0.05) is 42.2 Å². The van der Waals surface area contributed by atoms with Crippen LogP contribution in [0, 0.1) is 0 Å². The highest BCUT2D eigenvalue weighted by molar-refractivity contribution is 8.26. The van der Waals surface area contributed by atoms with E-state index < -0.39 is 30.1 Å². The minimum absolute atomic E-state index is 0.182. The molecular formula is C17H11F3N2O2S3. The van der Waals surface area contributed by atoms with Crippen LogP contribution in [-0.4, -0.2) is 27.6 Å². The number of alkyl halides is 3. The molecule has 2 amide bonds. The second kappa shape index (κ2) is 7.83. The number of thiocarbonyl (C=S) groups is 1. The third-order valence-corrected chi connectivity index (χ3v) is 5.70. The molecule has 0 unspecified atom stereocenters. The summed E-state index contributed by atoms with van der Waals surface area (Å²) >= 11 is 7.62. The number of anilines is 1. The summed E-state index contributed by atoms with van der Waals surface area (Å²) in [6, 6.07) is 8.31. The van der Waals surface area contributed by atoms with Crippen LogP contribution < -0.4 is 5.32 Å². The summed E-state index contributed by atoms with van der Waals surface area (Å²) in [7, 11) is 0. The van der Waals surface area contributed by atoms with Gasteiger partial charge in [0.25, 0.3) is 5.91 Å². The van der Waals surface area contributed by atoms with Crippen LogP contribution in [0.2, 0.25) is 0 Å². The van der Waals surface area contributed by atoms with Gasteiger partial charge >= 0.3 is 6.18 Å². The zero-order valence-electron chi connectivity index (χ0n) is 13.4. The number of thioether (sulfide) groups is 1. The zero-order chi connectivity index (χ0) is 19.6. The Balaban J connectivity index is 1.72. The van der Waals surface area contributed by atoms with Crippen molar-refractivity contribution in [3.05, 3.63) is 57.1 Å². The Morgan fingerprint density at radius 3 is 2.63 bits per heavy atom. The molecule has 1 aromatic carbocycles. The molecule has 0 spiro atoms. The van der Waals surface area contributed by atoms with Gasteiger partial charge in [-0.3, -0.25) is 14.5 Å². The van der Waals surface area contributed by atoms with Crippen molar-refractivity contribution in [1.29, 1.82) is 0 Å². The fourth-order valence-electron chi connectivity index (χ4n) is 2.31. The van der Waals surface area contributed by atoms with Crippen molar-refractivity contribution >= 4 is 63.2 Å². The zero-order valence-corrected chi connectivity index (χ0v) is 15.9. The molecule has 1 fully saturated rings. The van der Waals surface area contributed by atoms with E-state index in [1.54, 1.807) is 6.08 Å². The number of para-hydroxylation sites is 1. The molecule has 2 heterocycles. The van der Waals surface area contributed by atoms with Crippen LogP contribution in [0.5, 0.6) is 0 Å². The molecule has 1 N–H and O–H groups in total. The average Bonchev–Trinajstić information content (AvgIpc) is 3.19. The minimum atomic E-state index is -4.60. The van der Waals surface area contributed by atoms with Crippen LogP contribution in [0.15, 0.2) is 46.7 Å². The fraction of sp³-hybridized carbons (Fsp3) is 0.118. The molecule has 1 aliphatic heterocycles. The second-order valence-corrected chi connectivity index (χ2v) is 8.03. The molecule has 0 atom stereocenters. The molecule has 140 valence electrons. The monoisotopic (exact) mass is 428 g/mol. The number of carbonyl (C=O) groups is 2. The smallest absolute Gasteiger partial charge is 0.324 e. The van der Waals surface area contributed by atoms with Crippen molar-refractivity contribution in [3.8, 4) is 0 Å². The van der Waals surface area contributed by atoms with Crippen molar-refractivity contribution < 1.29 is 22.8 Å². The van der Waals surface area contributed by atoms with Gasteiger partial charge in [-0.15, -0.1) is 11.3 Å². The molecule has 0 aliphatic carbocycles. The molecule has 1 aliphatic rings. The van der Waals surface area contributed by atoms with Gasteiger partial charge in [0.1, 0.15) is 10.9 Å². The van der Waals surface area contributed by atoms with E-state index in [-0.39, 0.29) is 10.0 Å². The highest BCUT2D eigenvalue weighted by Gasteiger charge is 2.35. The molecular weight excluding hydrogens is 417 g/mol. The first-order valence-electron chi connectivity index (χ1n) is 7.50. The molecule has 3 rings (SSSR count). The molecule has 4 nitrogen and oxygen atoms in total. The van der Waals surface area contributed by atoms with Gasteiger partial charge in [-0.2, -0.15) is 13.2 Å². The van der Waals surface area contributed by atoms with Crippen LogP contribution in [0.1, 0.15) is 10.4 Å². The number of amides is 2. The lowest BCUT2D eigenvalue weighted by atomic mass is 10.1. The number of carbonyl (C=O) groups excluding carboxylic acids is 2. The molecule has 0 saturated carbocycles. The Hall–Kier alpha value is -2.17. The fourth-order valence-corrected chi connectivity index (χ4v) is 4.29. The normalized spacial score (nSPS) is 16.3. The van der Waals surface area contributed by atoms with Gasteiger partial charge in [0.05, 0.1) is 16.2 Å². The summed E-state index contributed by atoms with van der Waals surface area (Å²) < 4.78 is 39.2. The number of thiophene rings is 1. The predicted molar refractivity (Wildman–Crippen MR) is 104 cm³/mol. The van der Waals surface area contributed by atoms with E-state index in [1.165, 1.54) is 23.5 Å². The summed E-state index contributed by atoms with van der Waals surface area (Å²) in [6.07, 6.45) is -2.93. The molecule has 27 heavy (non-hydrogen) atoms. The SMILES string of the molecule is O=C(CN1C(=O)C(=Cc2cccs2)SC1=S)Nc1ccccc1C(F)(F)F. The first kappa shape index (κ1) is 19.6. The van der Waals surface area contributed by atoms with E-state index in [0.717, 1.165) is 33.7 Å². The largest absolute Gasteiger partial charge is 0.418 e.